The maximum absolute atomic E-state index is 13.0. The Morgan fingerprint density at radius 3 is 2.87 bits per heavy atom. The monoisotopic (exact) mass is 231 g/mol. The van der Waals surface area contributed by atoms with E-state index in [9.17, 15) is 4.39 Å². The van der Waals surface area contributed by atoms with Crippen molar-refractivity contribution in [2.75, 3.05) is 25.6 Å². The highest BCUT2D eigenvalue weighted by atomic mass is 35.5. The lowest BCUT2D eigenvalue weighted by molar-refractivity contribution is 0.194. The lowest BCUT2D eigenvalue weighted by Crippen LogP contribution is -2.03. The van der Waals surface area contributed by atoms with Crippen LogP contribution < -0.4 is 5.32 Å². The van der Waals surface area contributed by atoms with E-state index in [1.54, 1.807) is 19.2 Å². The van der Waals surface area contributed by atoms with Crippen molar-refractivity contribution in [2.24, 2.45) is 0 Å². The topological polar surface area (TPSA) is 21.3 Å². The fourth-order valence-corrected chi connectivity index (χ4v) is 1.33. The molecule has 0 amide bonds. The lowest BCUT2D eigenvalue weighted by atomic mass is 10.3. The minimum Gasteiger partial charge on any atom is -0.385 e. The Labute approximate surface area is 94.4 Å². The molecule has 0 unspecified atom stereocenters. The minimum absolute atomic E-state index is 0.153. The minimum atomic E-state index is -0.390. The maximum Gasteiger partial charge on any atom is 0.143 e. The first kappa shape index (κ1) is 12.3. The van der Waals surface area contributed by atoms with Gasteiger partial charge in [0.15, 0.2) is 0 Å². The highest BCUT2D eigenvalue weighted by molar-refractivity contribution is 6.30. The zero-order valence-electron chi connectivity index (χ0n) is 8.72. The summed E-state index contributed by atoms with van der Waals surface area (Å²) >= 11 is 5.56. The smallest absolute Gasteiger partial charge is 0.143 e. The Morgan fingerprint density at radius 2 is 2.20 bits per heavy atom. The summed E-state index contributed by atoms with van der Waals surface area (Å²) < 4.78 is 17.9. The van der Waals surface area contributed by atoms with Crippen LogP contribution in [0.15, 0.2) is 18.2 Å². The molecule has 0 saturated heterocycles. The zero-order chi connectivity index (χ0) is 11.1. The average molecular weight is 232 g/mol. The first-order chi connectivity index (χ1) is 7.24. The van der Waals surface area contributed by atoms with Crippen LogP contribution in [0.25, 0.3) is 0 Å². The van der Waals surface area contributed by atoms with E-state index in [1.807, 2.05) is 0 Å². The molecule has 0 heterocycles. The van der Waals surface area contributed by atoms with E-state index < -0.39 is 5.82 Å². The quantitative estimate of drug-likeness (QED) is 0.759. The molecule has 15 heavy (non-hydrogen) atoms. The van der Waals surface area contributed by atoms with Crippen molar-refractivity contribution in [3.8, 4) is 0 Å². The molecule has 1 N–H and O–H groups in total. The normalized spacial score (nSPS) is 10.3. The number of methoxy groups -OCH3 is 1. The number of hydrogen-bond acceptors (Lipinski definition) is 2. The van der Waals surface area contributed by atoms with Gasteiger partial charge in [-0.1, -0.05) is 11.6 Å². The van der Waals surface area contributed by atoms with Gasteiger partial charge in [0, 0.05) is 25.9 Å². The van der Waals surface area contributed by atoms with E-state index in [0.717, 1.165) is 31.7 Å². The van der Waals surface area contributed by atoms with Gasteiger partial charge in [0.2, 0.25) is 0 Å². The number of halogens is 2. The molecule has 0 aromatic heterocycles. The molecule has 84 valence electrons. The number of hydrogen-bond donors (Lipinski definition) is 1. The van der Waals surface area contributed by atoms with Gasteiger partial charge in [-0.25, -0.2) is 4.39 Å². The molecule has 4 heteroatoms. The summed E-state index contributed by atoms with van der Waals surface area (Å²) in [5.41, 5.74) is 0.759. The van der Waals surface area contributed by atoms with Crippen LogP contribution in [0, 0.1) is 5.82 Å². The average Bonchev–Trinajstić information content (AvgIpc) is 2.23. The van der Waals surface area contributed by atoms with Gasteiger partial charge in [-0.05, 0) is 31.0 Å². The number of anilines is 1. The van der Waals surface area contributed by atoms with E-state index in [2.05, 4.69) is 5.32 Å². The maximum atomic E-state index is 13.0. The molecule has 0 aliphatic carbocycles. The van der Waals surface area contributed by atoms with Gasteiger partial charge in [0.25, 0.3) is 0 Å². The molecule has 1 aromatic carbocycles. The highest BCUT2D eigenvalue weighted by Gasteiger charge is 1.99. The SMILES string of the molecule is COCCCCNc1ccc(Cl)c(F)c1. The van der Waals surface area contributed by atoms with Crippen molar-refractivity contribution in [1.82, 2.24) is 0 Å². The van der Waals surface area contributed by atoms with Gasteiger partial charge in [-0.2, -0.15) is 0 Å². The van der Waals surface area contributed by atoms with E-state index >= 15 is 0 Å². The van der Waals surface area contributed by atoms with Gasteiger partial charge >= 0.3 is 0 Å². The van der Waals surface area contributed by atoms with Crippen LogP contribution in [0.1, 0.15) is 12.8 Å². The second kappa shape index (κ2) is 6.64. The molecule has 0 saturated carbocycles. The van der Waals surface area contributed by atoms with Crippen molar-refractivity contribution in [3.63, 3.8) is 0 Å². The van der Waals surface area contributed by atoms with Crippen LogP contribution in [-0.2, 0) is 4.74 Å². The number of ether oxygens (including phenoxy) is 1. The van der Waals surface area contributed by atoms with Crippen LogP contribution >= 0.6 is 11.6 Å². The van der Waals surface area contributed by atoms with Crippen molar-refractivity contribution >= 4 is 17.3 Å². The van der Waals surface area contributed by atoms with Gasteiger partial charge in [-0.3, -0.25) is 0 Å². The summed E-state index contributed by atoms with van der Waals surface area (Å²) in [6.07, 6.45) is 2.00. The number of rotatable bonds is 6. The molecule has 1 aromatic rings. The molecule has 2 nitrogen and oxygen atoms in total. The van der Waals surface area contributed by atoms with Crippen LogP contribution in [0.5, 0.6) is 0 Å². The summed E-state index contributed by atoms with van der Waals surface area (Å²) in [5.74, 6) is -0.390. The summed E-state index contributed by atoms with van der Waals surface area (Å²) in [6.45, 7) is 1.57. The number of unbranched alkanes of at least 4 members (excludes halogenated alkanes) is 1. The fourth-order valence-electron chi connectivity index (χ4n) is 1.21. The molecular formula is C11H15ClFNO. The van der Waals surface area contributed by atoms with E-state index in [-0.39, 0.29) is 5.02 Å². The van der Waals surface area contributed by atoms with Crippen LogP contribution in [0.3, 0.4) is 0 Å². The third-order valence-corrected chi connectivity index (χ3v) is 2.33. The van der Waals surface area contributed by atoms with Crippen LogP contribution in [-0.4, -0.2) is 20.3 Å². The Bertz CT molecular complexity index is 307. The fraction of sp³-hybridized carbons (Fsp3) is 0.455. The van der Waals surface area contributed by atoms with Crippen molar-refractivity contribution in [2.45, 2.75) is 12.8 Å². The first-order valence-electron chi connectivity index (χ1n) is 4.92. The van der Waals surface area contributed by atoms with Gasteiger partial charge < -0.3 is 10.1 Å². The Hall–Kier alpha value is -0.800. The van der Waals surface area contributed by atoms with E-state index in [0.29, 0.717) is 0 Å². The van der Waals surface area contributed by atoms with Gasteiger partial charge in [-0.15, -0.1) is 0 Å². The Morgan fingerprint density at radius 1 is 1.40 bits per heavy atom. The van der Waals surface area contributed by atoms with Crippen LogP contribution in [0.2, 0.25) is 5.02 Å². The van der Waals surface area contributed by atoms with Gasteiger partial charge in [0.1, 0.15) is 5.82 Å². The summed E-state index contributed by atoms with van der Waals surface area (Å²) in [4.78, 5) is 0. The van der Waals surface area contributed by atoms with Crippen molar-refractivity contribution in [1.29, 1.82) is 0 Å². The number of nitrogens with one attached hydrogen (secondary N) is 1. The van der Waals surface area contributed by atoms with E-state index in [4.69, 9.17) is 16.3 Å². The lowest BCUT2D eigenvalue weighted by Gasteiger charge is -2.06. The standard InChI is InChI=1S/C11H15ClFNO/c1-15-7-3-2-6-14-9-4-5-10(12)11(13)8-9/h4-5,8,14H,2-3,6-7H2,1H3. The largest absolute Gasteiger partial charge is 0.385 e. The zero-order valence-corrected chi connectivity index (χ0v) is 9.48. The molecule has 0 radical (unpaired) electrons. The molecule has 0 aliphatic rings. The van der Waals surface area contributed by atoms with Crippen molar-refractivity contribution in [3.05, 3.63) is 29.0 Å². The molecule has 1 rings (SSSR count). The first-order valence-corrected chi connectivity index (χ1v) is 5.29. The Balaban J connectivity index is 2.28. The molecular weight excluding hydrogens is 217 g/mol. The molecule has 0 fully saturated rings. The summed E-state index contributed by atoms with van der Waals surface area (Å²) in [5, 5.41) is 3.27. The Kier molecular flexibility index (Phi) is 5.43. The summed E-state index contributed by atoms with van der Waals surface area (Å²) in [7, 11) is 1.68. The highest BCUT2D eigenvalue weighted by Crippen LogP contribution is 2.18. The predicted octanol–water partition coefficient (Wildman–Crippen LogP) is 3.32. The molecule has 0 aliphatic heterocycles. The molecule has 0 spiro atoms. The third-order valence-electron chi connectivity index (χ3n) is 2.02. The molecule has 0 atom stereocenters. The van der Waals surface area contributed by atoms with Crippen molar-refractivity contribution < 1.29 is 9.13 Å². The van der Waals surface area contributed by atoms with Crippen LogP contribution in [0.4, 0.5) is 10.1 Å². The van der Waals surface area contributed by atoms with E-state index in [1.165, 1.54) is 6.07 Å². The number of benzene rings is 1. The van der Waals surface area contributed by atoms with Gasteiger partial charge in [0.05, 0.1) is 5.02 Å². The second-order valence-corrected chi connectivity index (χ2v) is 3.66. The summed E-state index contributed by atoms with van der Waals surface area (Å²) in [6, 6.07) is 4.72. The second-order valence-electron chi connectivity index (χ2n) is 3.26. The predicted molar refractivity (Wildman–Crippen MR) is 61.0 cm³/mol. The third kappa shape index (κ3) is 4.49. The molecule has 0 bridgehead atoms.